The second-order valence-corrected chi connectivity index (χ2v) is 12.5. The number of amides is 2. The number of benzene rings is 3. The second kappa shape index (κ2) is 14.5. The van der Waals surface area contributed by atoms with Gasteiger partial charge in [-0.05, 0) is 63.6 Å². The molecule has 43 heavy (non-hydrogen) atoms. The van der Waals surface area contributed by atoms with E-state index in [1.54, 1.807) is 13.0 Å². The molecule has 0 aliphatic heterocycles. The van der Waals surface area contributed by atoms with Crippen LogP contribution in [0, 0.1) is 6.92 Å². The van der Waals surface area contributed by atoms with Gasteiger partial charge in [-0.1, -0.05) is 41.4 Å². The first kappa shape index (κ1) is 33.5. The molecule has 0 spiro atoms. The molecule has 0 saturated carbocycles. The summed E-state index contributed by atoms with van der Waals surface area (Å²) in [5, 5.41) is 3.07. The van der Waals surface area contributed by atoms with Gasteiger partial charge in [0.15, 0.2) is 11.5 Å². The fourth-order valence-corrected chi connectivity index (χ4v) is 5.95. The van der Waals surface area contributed by atoms with Gasteiger partial charge in [0.2, 0.25) is 11.8 Å². The Morgan fingerprint density at radius 3 is 2.05 bits per heavy atom. The van der Waals surface area contributed by atoms with E-state index in [-0.39, 0.29) is 45.6 Å². The Bertz CT molecular complexity index is 1550. The highest BCUT2D eigenvalue weighted by Crippen LogP contribution is 2.37. The number of anilines is 1. The van der Waals surface area contributed by atoms with Gasteiger partial charge in [0.1, 0.15) is 18.3 Å². The van der Waals surface area contributed by atoms with E-state index in [0.717, 1.165) is 15.4 Å². The van der Waals surface area contributed by atoms with E-state index in [1.807, 2.05) is 45.0 Å². The lowest BCUT2D eigenvalue weighted by Crippen LogP contribution is -2.52. The lowest BCUT2D eigenvalue weighted by atomic mass is 10.1. The third-order valence-electron chi connectivity index (χ3n) is 6.70. The number of halogens is 1. The molecule has 0 bridgehead atoms. The highest BCUT2D eigenvalue weighted by Gasteiger charge is 2.34. The average Bonchev–Trinajstić information content (AvgIpc) is 2.98. The molecule has 12 heteroatoms. The minimum Gasteiger partial charge on any atom is -0.495 e. The van der Waals surface area contributed by atoms with Crippen molar-refractivity contribution in [1.82, 2.24) is 10.2 Å². The van der Waals surface area contributed by atoms with Crippen molar-refractivity contribution in [1.29, 1.82) is 0 Å². The minimum absolute atomic E-state index is 0.0488. The van der Waals surface area contributed by atoms with Gasteiger partial charge in [-0.15, -0.1) is 0 Å². The van der Waals surface area contributed by atoms with Crippen LogP contribution in [0.5, 0.6) is 17.2 Å². The molecule has 0 fully saturated rings. The van der Waals surface area contributed by atoms with Crippen LogP contribution in [-0.2, 0) is 26.2 Å². The lowest BCUT2D eigenvalue weighted by molar-refractivity contribution is -0.139. The summed E-state index contributed by atoms with van der Waals surface area (Å²) in [6.45, 7) is 6.61. The minimum atomic E-state index is -4.42. The maximum atomic E-state index is 14.3. The van der Waals surface area contributed by atoms with Crippen molar-refractivity contribution in [2.24, 2.45) is 0 Å². The number of sulfonamides is 1. The van der Waals surface area contributed by atoms with Crippen molar-refractivity contribution in [3.63, 3.8) is 0 Å². The molecule has 3 aromatic rings. The summed E-state index contributed by atoms with van der Waals surface area (Å²) in [4.78, 5) is 28.4. The van der Waals surface area contributed by atoms with Crippen LogP contribution in [0.4, 0.5) is 5.69 Å². The normalized spacial score (nSPS) is 11.9. The van der Waals surface area contributed by atoms with Crippen LogP contribution < -0.4 is 23.8 Å². The highest BCUT2D eigenvalue weighted by atomic mass is 35.5. The Labute approximate surface area is 258 Å². The Hall–Kier alpha value is -3.96. The first-order valence-electron chi connectivity index (χ1n) is 13.6. The van der Waals surface area contributed by atoms with Gasteiger partial charge < -0.3 is 24.4 Å². The van der Waals surface area contributed by atoms with Crippen molar-refractivity contribution in [2.45, 2.75) is 51.2 Å². The first-order chi connectivity index (χ1) is 20.3. The average molecular weight is 632 g/mol. The number of nitrogens with zero attached hydrogens (tertiary/aromatic N) is 2. The van der Waals surface area contributed by atoms with Crippen molar-refractivity contribution < 1.29 is 32.2 Å². The van der Waals surface area contributed by atoms with E-state index in [1.165, 1.54) is 56.6 Å². The van der Waals surface area contributed by atoms with Gasteiger partial charge in [-0.3, -0.25) is 13.9 Å². The van der Waals surface area contributed by atoms with Crippen molar-refractivity contribution in [3.8, 4) is 17.2 Å². The van der Waals surface area contributed by atoms with Crippen LogP contribution in [-0.4, -0.2) is 65.1 Å². The standard InChI is InChI=1S/C31H38ClN3O7S/c1-20(2)33-31(37)22(4)34(18-23-10-8-21(3)9-11-23)30(36)19-35(26-16-24(32)12-14-27(26)40-5)43(38,39)25-13-15-28(41-6)29(17-25)42-7/h8-17,20,22H,18-19H2,1-7H3,(H,33,37). The molecular formula is C31H38ClN3O7S. The predicted molar refractivity (Wildman–Crippen MR) is 167 cm³/mol. The molecule has 3 aromatic carbocycles. The second-order valence-electron chi connectivity index (χ2n) is 10.2. The number of ether oxygens (including phenoxy) is 3. The maximum absolute atomic E-state index is 14.3. The Morgan fingerprint density at radius 1 is 0.860 bits per heavy atom. The van der Waals surface area contributed by atoms with E-state index in [0.29, 0.717) is 5.75 Å². The molecular weight excluding hydrogens is 594 g/mol. The molecule has 0 aliphatic carbocycles. The summed E-state index contributed by atoms with van der Waals surface area (Å²) >= 11 is 6.30. The van der Waals surface area contributed by atoms with Crippen LogP contribution in [0.3, 0.4) is 0 Å². The summed E-state index contributed by atoms with van der Waals surface area (Å²) in [6, 6.07) is 15.1. The Kier molecular flexibility index (Phi) is 11.3. The maximum Gasteiger partial charge on any atom is 0.265 e. The van der Waals surface area contributed by atoms with Gasteiger partial charge in [0.25, 0.3) is 10.0 Å². The molecule has 0 saturated heterocycles. The SMILES string of the molecule is COc1ccc(S(=O)(=O)N(CC(=O)N(Cc2ccc(C)cc2)C(C)C(=O)NC(C)C)c2cc(Cl)ccc2OC)cc1OC. The quantitative estimate of drug-likeness (QED) is 0.288. The number of nitrogens with one attached hydrogen (secondary N) is 1. The molecule has 10 nitrogen and oxygen atoms in total. The Balaban J connectivity index is 2.14. The van der Waals surface area contributed by atoms with Crippen molar-refractivity contribution in [3.05, 3.63) is 76.8 Å². The first-order valence-corrected chi connectivity index (χ1v) is 15.4. The van der Waals surface area contributed by atoms with Crippen LogP contribution in [0.15, 0.2) is 65.6 Å². The van der Waals surface area contributed by atoms with Crippen LogP contribution >= 0.6 is 11.6 Å². The van der Waals surface area contributed by atoms with E-state index in [9.17, 15) is 18.0 Å². The fraction of sp³-hybridized carbons (Fsp3) is 0.355. The largest absolute Gasteiger partial charge is 0.495 e. The monoisotopic (exact) mass is 631 g/mol. The zero-order chi connectivity index (χ0) is 31.9. The van der Waals surface area contributed by atoms with E-state index >= 15 is 0 Å². The van der Waals surface area contributed by atoms with E-state index in [2.05, 4.69) is 5.32 Å². The van der Waals surface area contributed by atoms with E-state index < -0.39 is 28.5 Å². The topological polar surface area (TPSA) is 114 Å². The molecule has 1 unspecified atom stereocenters. The highest BCUT2D eigenvalue weighted by molar-refractivity contribution is 7.92. The van der Waals surface area contributed by atoms with Gasteiger partial charge in [-0.25, -0.2) is 8.42 Å². The molecule has 0 radical (unpaired) electrons. The number of methoxy groups -OCH3 is 3. The molecule has 2 amide bonds. The lowest BCUT2D eigenvalue weighted by Gasteiger charge is -2.32. The summed E-state index contributed by atoms with van der Waals surface area (Å²) < 4.78 is 45.5. The number of carbonyl (C=O) groups is 2. The molecule has 1 atom stereocenters. The molecule has 0 aromatic heterocycles. The van der Waals surface area contributed by atoms with E-state index in [4.69, 9.17) is 25.8 Å². The summed E-state index contributed by atoms with van der Waals surface area (Å²) in [5.41, 5.74) is 1.86. The number of hydrogen-bond donors (Lipinski definition) is 1. The predicted octanol–water partition coefficient (Wildman–Crippen LogP) is 4.81. The zero-order valence-corrected chi connectivity index (χ0v) is 27.0. The van der Waals surface area contributed by atoms with Crippen LogP contribution in [0.2, 0.25) is 5.02 Å². The third kappa shape index (κ3) is 8.11. The number of rotatable bonds is 13. The molecule has 0 aliphatic rings. The van der Waals surface area contributed by atoms with Gasteiger partial charge in [-0.2, -0.15) is 0 Å². The summed E-state index contributed by atoms with van der Waals surface area (Å²) in [5.74, 6) is -0.286. The van der Waals surface area contributed by atoms with Gasteiger partial charge in [0.05, 0.1) is 31.9 Å². The Morgan fingerprint density at radius 2 is 1.47 bits per heavy atom. The summed E-state index contributed by atoms with van der Waals surface area (Å²) in [6.07, 6.45) is 0. The molecule has 232 valence electrons. The zero-order valence-electron chi connectivity index (χ0n) is 25.4. The number of aryl methyl sites for hydroxylation is 1. The molecule has 0 heterocycles. The molecule has 1 N–H and O–H groups in total. The third-order valence-corrected chi connectivity index (χ3v) is 8.69. The molecule has 3 rings (SSSR count). The number of carbonyl (C=O) groups excluding carboxylic acids is 2. The smallest absolute Gasteiger partial charge is 0.265 e. The summed E-state index contributed by atoms with van der Waals surface area (Å²) in [7, 11) is -0.207. The van der Waals surface area contributed by atoms with Crippen LogP contribution in [0.25, 0.3) is 0 Å². The number of hydrogen-bond acceptors (Lipinski definition) is 7. The fourth-order valence-electron chi connectivity index (χ4n) is 4.35. The van der Waals surface area contributed by atoms with Gasteiger partial charge in [0, 0.05) is 23.7 Å². The van der Waals surface area contributed by atoms with Crippen LogP contribution in [0.1, 0.15) is 31.9 Å². The van der Waals surface area contributed by atoms with Gasteiger partial charge >= 0.3 is 0 Å². The van der Waals surface area contributed by atoms with Crippen molar-refractivity contribution >= 4 is 39.1 Å². The van der Waals surface area contributed by atoms with Crippen molar-refractivity contribution in [2.75, 3.05) is 32.2 Å².